The Bertz CT molecular complexity index is 39.3. The van der Waals surface area contributed by atoms with Gasteiger partial charge in [-0.1, -0.05) is 20.3 Å². The Hall–Kier alpha value is 0.250. The Morgan fingerprint density at radius 3 is 0.909 bits per heavy atom. The van der Waals surface area contributed by atoms with Gasteiger partial charge in [-0.05, 0) is 20.8 Å². The second-order valence-corrected chi connectivity index (χ2v) is 2.52. The summed E-state index contributed by atoms with van der Waals surface area (Å²) in [6, 6.07) is 0. The van der Waals surface area contributed by atoms with Crippen molar-refractivity contribution in [3.05, 3.63) is 0 Å². The summed E-state index contributed by atoms with van der Waals surface area (Å²) in [4.78, 5) is 1.68. The normalized spacial score (nSPS) is 8.18. The van der Waals surface area contributed by atoms with Crippen LogP contribution in [0.5, 0.6) is 0 Å². The molecule has 0 unspecified atom stereocenters. The standard InChI is InChI=1S/C6H15N.C3H8.ClH/c1-4-7(5-2)6-3;1-3-2;/h4-6H2,1-3H3;3H2,1-2H3;1H. The van der Waals surface area contributed by atoms with Crippen molar-refractivity contribution in [3.63, 3.8) is 0 Å². The van der Waals surface area contributed by atoms with Gasteiger partial charge in [0, 0.05) is 0 Å². The van der Waals surface area contributed by atoms with Crippen LogP contribution in [0.2, 0.25) is 0 Å². The molecule has 1 nitrogen and oxygen atoms in total. The lowest BCUT2D eigenvalue weighted by atomic mass is 10.5. The van der Waals surface area contributed by atoms with Gasteiger partial charge in [0.25, 0.3) is 0 Å². The van der Waals surface area contributed by atoms with Gasteiger partial charge >= 0.3 is 0 Å². The molecule has 0 aliphatic rings. The molecule has 0 amide bonds. The van der Waals surface area contributed by atoms with E-state index in [1.54, 1.807) is 4.90 Å². The van der Waals surface area contributed by atoms with E-state index in [4.69, 9.17) is 0 Å². The highest BCUT2D eigenvalue weighted by Crippen LogP contribution is 1.56. The van der Waals surface area contributed by atoms with Crippen molar-refractivity contribution in [1.82, 2.24) is 0 Å². The quantitative estimate of drug-likeness (QED) is 0.533. The van der Waals surface area contributed by atoms with E-state index in [2.05, 4.69) is 34.6 Å². The summed E-state index contributed by atoms with van der Waals surface area (Å²) in [5.41, 5.74) is 0. The average Bonchev–Trinajstić information content (AvgIpc) is 1.93. The summed E-state index contributed by atoms with van der Waals surface area (Å²) in [6.45, 7) is 14.7. The van der Waals surface area contributed by atoms with E-state index < -0.39 is 0 Å². The third kappa shape index (κ3) is 17.9. The van der Waals surface area contributed by atoms with Gasteiger partial charge in [0.05, 0.1) is 19.6 Å². The van der Waals surface area contributed by atoms with Crippen molar-refractivity contribution in [1.29, 1.82) is 0 Å². The van der Waals surface area contributed by atoms with E-state index in [1.807, 2.05) is 0 Å². The van der Waals surface area contributed by atoms with E-state index in [0.717, 1.165) is 0 Å². The molecular weight excluding hydrogens is 158 g/mol. The van der Waals surface area contributed by atoms with E-state index in [1.165, 1.54) is 26.1 Å². The Kier molecular flexibility index (Phi) is 26.3. The first-order chi connectivity index (χ1) is 4.76. The zero-order valence-electron chi connectivity index (χ0n) is 8.71. The second kappa shape index (κ2) is 16.7. The van der Waals surface area contributed by atoms with Crippen LogP contribution in [-0.4, -0.2) is 19.6 Å². The van der Waals surface area contributed by atoms with Gasteiger partial charge in [-0.25, -0.2) is 0 Å². The maximum Gasteiger partial charge on any atom is 0.0742 e. The molecule has 0 radical (unpaired) electrons. The fraction of sp³-hybridized carbons (Fsp3) is 1.00. The summed E-state index contributed by atoms with van der Waals surface area (Å²) < 4.78 is 0. The van der Waals surface area contributed by atoms with Crippen molar-refractivity contribution in [3.8, 4) is 0 Å². The van der Waals surface area contributed by atoms with Crippen LogP contribution < -0.4 is 17.3 Å². The highest BCUT2D eigenvalue weighted by molar-refractivity contribution is 4.11. The van der Waals surface area contributed by atoms with E-state index >= 15 is 0 Å². The van der Waals surface area contributed by atoms with Crippen LogP contribution in [0.4, 0.5) is 0 Å². The molecule has 0 aromatic rings. The topological polar surface area (TPSA) is 4.44 Å². The molecule has 72 valence electrons. The predicted octanol–water partition coefficient (Wildman–Crippen LogP) is -1.65. The molecule has 0 heterocycles. The summed E-state index contributed by atoms with van der Waals surface area (Å²) >= 11 is 0. The first-order valence-electron chi connectivity index (χ1n) is 4.60. The molecule has 0 saturated heterocycles. The molecule has 1 N–H and O–H groups in total. The molecule has 0 aromatic heterocycles. The lowest BCUT2D eigenvalue weighted by Gasteiger charge is -2.10. The summed E-state index contributed by atoms with van der Waals surface area (Å²) in [5.74, 6) is 0. The van der Waals surface area contributed by atoms with Crippen molar-refractivity contribution in [2.24, 2.45) is 0 Å². The number of rotatable bonds is 3. The smallest absolute Gasteiger partial charge is 0.0742 e. The largest absolute Gasteiger partial charge is 1.00 e. The third-order valence-electron chi connectivity index (χ3n) is 1.50. The molecule has 0 aromatic carbocycles. The monoisotopic (exact) mass is 181 g/mol. The van der Waals surface area contributed by atoms with Crippen LogP contribution in [0, 0.1) is 0 Å². The van der Waals surface area contributed by atoms with E-state index in [0.29, 0.717) is 0 Å². The number of halogens is 1. The Labute approximate surface area is 78.6 Å². The zero-order chi connectivity index (χ0) is 8.41. The van der Waals surface area contributed by atoms with Gasteiger partial charge < -0.3 is 17.3 Å². The van der Waals surface area contributed by atoms with Crippen molar-refractivity contribution >= 4 is 0 Å². The lowest BCUT2D eigenvalue weighted by Crippen LogP contribution is -3.11. The van der Waals surface area contributed by atoms with E-state index in [9.17, 15) is 0 Å². The van der Waals surface area contributed by atoms with Crippen molar-refractivity contribution in [2.45, 2.75) is 41.0 Å². The molecule has 2 heteroatoms. The van der Waals surface area contributed by atoms with Crippen LogP contribution in [0.25, 0.3) is 0 Å². The second-order valence-electron chi connectivity index (χ2n) is 2.52. The maximum absolute atomic E-state index is 2.22. The zero-order valence-corrected chi connectivity index (χ0v) is 9.46. The molecule has 11 heavy (non-hydrogen) atoms. The van der Waals surface area contributed by atoms with Gasteiger partial charge in [0.15, 0.2) is 0 Å². The van der Waals surface area contributed by atoms with Crippen LogP contribution in [-0.2, 0) is 0 Å². The summed E-state index contributed by atoms with van der Waals surface area (Å²) in [6.07, 6.45) is 1.25. The number of quaternary nitrogens is 1. The average molecular weight is 182 g/mol. The lowest BCUT2D eigenvalue weighted by molar-refractivity contribution is -0.894. The third-order valence-corrected chi connectivity index (χ3v) is 1.50. The molecule has 0 rings (SSSR count). The molecule has 0 fully saturated rings. The van der Waals surface area contributed by atoms with Crippen molar-refractivity contribution in [2.75, 3.05) is 19.6 Å². The molecule has 0 saturated carbocycles. The van der Waals surface area contributed by atoms with E-state index in [-0.39, 0.29) is 12.4 Å². The van der Waals surface area contributed by atoms with Gasteiger partial charge in [0.2, 0.25) is 0 Å². The summed E-state index contributed by atoms with van der Waals surface area (Å²) in [5, 5.41) is 0. The molecule has 0 spiro atoms. The SMILES string of the molecule is CCC.CC[NH+](CC)CC.[Cl-]. The van der Waals surface area contributed by atoms with Gasteiger partial charge in [-0.2, -0.15) is 0 Å². The molecule has 0 bridgehead atoms. The van der Waals surface area contributed by atoms with Crippen LogP contribution >= 0.6 is 0 Å². The van der Waals surface area contributed by atoms with Crippen LogP contribution in [0.15, 0.2) is 0 Å². The Morgan fingerprint density at radius 1 is 0.727 bits per heavy atom. The summed E-state index contributed by atoms with van der Waals surface area (Å²) in [7, 11) is 0. The van der Waals surface area contributed by atoms with Crippen LogP contribution in [0.3, 0.4) is 0 Å². The fourth-order valence-electron chi connectivity index (χ4n) is 0.750. The molecular formula is C9H24ClN. The van der Waals surface area contributed by atoms with Gasteiger partial charge in [-0.15, -0.1) is 0 Å². The molecule has 0 aliphatic carbocycles. The minimum atomic E-state index is 0. The first kappa shape index (κ1) is 17.4. The number of hydrogen-bond donors (Lipinski definition) is 1. The minimum Gasteiger partial charge on any atom is -1.00 e. The highest BCUT2D eigenvalue weighted by Gasteiger charge is 1.92. The predicted molar refractivity (Wildman–Crippen MR) is 48.6 cm³/mol. The Balaban J connectivity index is -0.000000140. The van der Waals surface area contributed by atoms with Crippen molar-refractivity contribution < 1.29 is 17.3 Å². The van der Waals surface area contributed by atoms with Gasteiger partial charge in [0.1, 0.15) is 0 Å². The highest BCUT2D eigenvalue weighted by atomic mass is 35.5. The first-order valence-corrected chi connectivity index (χ1v) is 4.60. The maximum atomic E-state index is 2.22. The molecule has 0 aliphatic heterocycles. The number of hydrogen-bond acceptors (Lipinski definition) is 0. The fourth-order valence-corrected chi connectivity index (χ4v) is 0.750. The van der Waals surface area contributed by atoms with Gasteiger partial charge in [-0.3, -0.25) is 0 Å². The minimum absolute atomic E-state index is 0. The number of nitrogens with one attached hydrogen (secondary N) is 1. The Morgan fingerprint density at radius 2 is 0.909 bits per heavy atom. The van der Waals surface area contributed by atoms with Crippen LogP contribution in [0.1, 0.15) is 41.0 Å². The molecule has 0 atom stereocenters.